The molecule has 0 aliphatic carbocycles. The molecule has 2 atom stereocenters. The molecule has 2 unspecified atom stereocenters. The number of hydrogen-bond acceptors (Lipinski definition) is 4. The van der Waals surface area contributed by atoms with Crippen LogP contribution < -0.4 is 5.32 Å². The highest BCUT2D eigenvalue weighted by Gasteiger charge is 2.34. The molecule has 1 N–H and O–H groups in total. The molecule has 4 rings (SSSR count). The first-order valence-corrected chi connectivity index (χ1v) is 12.5. The number of benzene rings is 2. The summed E-state index contributed by atoms with van der Waals surface area (Å²) in [4.78, 5) is 14.4. The maximum absolute atomic E-state index is 13.0. The first kappa shape index (κ1) is 20.7. The van der Waals surface area contributed by atoms with Gasteiger partial charge >= 0.3 is 0 Å². The maximum atomic E-state index is 13.0. The van der Waals surface area contributed by atoms with Gasteiger partial charge in [0.1, 0.15) is 0 Å². The predicted molar refractivity (Wildman–Crippen MR) is 116 cm³/mol. The summed E-state index contributed by atoms with van der Waals surface area (Å²) in [6, 6.07) is 14.3. The highest BCUT2D eigenvalue weighted by atomic mass is 35.5. The Labute approximate surface area is 180 Å². The van der Waals surface area contributed by atoms with Crippen LogP contribution in [0.1, 0.15) is 30.9 Å². The molecule has 29 heavy (non-hydrogen) atoms. The lowest BCUT2D eigenvalue weighted by Crippen LogP contribution is -2.46. The Morgan fingerprint density at radius 1 is 1.10 bits per heavy atom. The van der Waals surface area contributed by atoms with Crippen LogP contribution >= 0.6 is 23.4 Å². The van der Waals surface area contributed by atoms with Crippen LogP contribution in [0.15, 0.2) is 58.3 Å². The van der Waals surface area contributed by atoms with Crippen LogP contribution in [-0.4, -0.2) is 37.5 Å². The SMILES string of the molecule is O=C(NC1CCSc2ccccc21)C1CCCN(S(=O)(=O)c2ccc(Cl)cc2)C1. The van der Waals surface area contributed by atoms with Gasteiger partial charge in [0, 0.05) is 28.8 Å². The van der Waals surface area contributed by atoms with E-state index in [4.69, 9.17) is 11.6 Å². The van der Waals surface area contributed by atoms with Gasteiger partial charge in [-0.1, -0.05) is 29.8 Å². The number of sulfonamides is 1. The third-order valence-corrected chi connectivity index (χ3v) is 8.74. The molecule has 5 nitrogen and oxygen atoms in total. The number of carbonyl (C=O) groups is 1. The average molecular weight is 451 g/mol. The van der Waals surface area contributed by atoms with Crippen molar-refractivity contribution < 1.29 is 13.2 Å². The Hall–Kier alpha value is -1.54. The second kappa shape index (κ2) is 8.68. The number of rotatable bonds is 4. The Bertz CT molecular complexity index is 995. The molecule has 2 aromatic rings. The second-order valence-electron chi connectivity index (χ2n) is 7.39. The van der Waals surface area contributed by atoms with E-state index in [1.54, 1.807) is 12.1 Å². The van der Waals surface area contributed by atoms with Crippen LogP contribution in [0.2, 0.25) is 5.02 Å². The van der Waals surface area contributed by atoms with Crippen molar-refractivity contribution in [1.82, 2.24) is 9.62 Å². The molecule has 0 spiro atoms. The van der Waals surface area contributed by atoms with E-state index in [2.05, 4.69) is 17.4 Å². The number of nitrogens with zero attached hydrogens (tertiary/aromatic N) is 1. The van der Waals surface area contributed by atoms with Gasteiger partial charge in [-0.15, -0.1) is 11.8 Å². The Kier molecular flexibility index (Phi) is 6.20. The smallest absolute Gasteiger partial charge is 0.243 e. The van der Waals surface area contributed by atoms with E-state index in [1.807, 2.05) is 23.9 Å². The topological polar surface area (TPSA) is 66.5 Å². The zero-order chi connectivity index (χ0) is 20.4. The third kappa shape index (κ3) is 4.48. The highest BCUT2D eigenvalue weighted by molar-refractivity contribution is 7.99. The lowest BCUT2D eigenvalue weighted by atomic mass is 9.97. The van der Waals surface area contributed by atoms with E-state index in [1.165, 1.54) is 21.3 Å². The molecular formula is C21H23ClN2O3S2. The van der Waals surface area contributed by atoms with E-state index in [-0.39, 0.29) is 29.3 Å². The van der Waals surface area contributed by atoms with Crippen LogP contribution in [0, 0.1) is 5.92 Å². The van der Waals surface area contributed by atoms with Gasteiger partial charge < -0.3 is 5.32 Å². The molecule has 1 amide bonds. The van der Waals surface area contributed by atoms with Crippen molar-refractivity contribution >= 4 is 39.3 Å². The summed E-state index contributed by atoms with van der Waals surface area (Å²) < 4.78 is 27.4. The largest absolute Gasteiger partial charge is 0.349 e. The van der Waals surface area contributed by atoms with Crippen LogP contribution in [0.5, 0.6) is 0 Å². The van der Waals surface area contributed by atoms with Crippen molar-refractivity contribution in [2.75, 3.05) is 18.8 Å². The first-order chi connectivity index (χ1) is 13.9. The van der Waals surface area contributed by atoms with Crippen LogP contribution in [-0.2, 0) is 14.8 Å². The summed E-state index contributed by atoms with van der Waals surface area (Å²) in [6.07, 6.45) is 2.25. The van der Waals surface area contributed by atoms with Gasteiger partial charge in [-0.05, 0) is 55.2 Å². The van der Waals surface area contributed by atoms with Crippen molar-refractivity contribution in [1.29, 1.82) is 0 Å². The summed E-state index contributed by atoms with van der Waals surface area (Å²) in [5, 5.41) is 3.66. The van der Waals surface area contributed by atoms with Gasteiger partial charge in [0.15, 0.2) is 0 Å². The van der Waals surface area contributed by atoms with E-state index in [0.29, 0.717) is 24.4 Å². The number of thioether (sulfide) groups is 1. The van der Waals surface area contributed by atoms with Gasteiger partial charge in [-0.2, -0.15) is 4.31 Å². The van der Waals surface area contributed by atoms with Crippen molar-refractivity contribution in [3.05, 3.63) is 59.1 Å². The monoisotopic (exact) mass is 450 g/mol. The summed E-state index contributed by atoms with van der Waals surface area (Å²) in [7, 11) is -3.64. The maximum Gasteiger partial charge on any atom is 0.243 e. The lowest BCUT2D eigenvalue weighted by Gasteiger charge is -2.33. The van der Waals surface area contributed by atoms with Crippen LogP contribution in [0.4, 0.5) is 0 Å². The standard InChI is InChI=1S/C21H23ClN2O3S2/c22-16-7-9-17(10-8-16)29(26,27)24-12-3-4-15(14-24)21(25)23-19-11-13-28-20-6-2-1-5-18(19)20/h1-2,5-10,15,19H,3-4,11-14H2,(H,23,25). The van der Waals surface area contributed by atoms with Gasteiger partial charge in [-0.3, -0.25) is 4.79 Å². The van der Waals surface area contributed by atoms with Crippen LogP contribution in [0.3, 0.4) is 0 Å². The molecule has 2 aromatic carbocycles. The van der Waals surface area contributed by atoms with Gasteiger partial charge in [0.2, 0.25) is 15.9 Å². The van der Waals surface area contributed by atoms with E-state index < -0.39 is 10.0 Å². The fraction of sp³-hybridized carbons (Fsp3) is 0.381. The fourth-order valence-corrected chi connectivity index (χ4v) is 6.69. The number of carbonyl (C=O) groups excluding carboxylic acids is 1. The van der Waals surface area contributed by atoms with Gasteiger partial charge in [0.05, 0.1) is 16.9 Å². The molecule has 1 saturated heterocycles. The van der Waals surface area contributed by atoms with Crippen molar-refractivity contribution in [3.8, 4) is 0 Å². The van der Waals surface area contributed by atoms with Crippen molar-refractivity contribution in [3.63, 3.8) is 0 Å². The molecule has 0 aromatic heterocycles. The molecule has 2 aliphatic heterocycles. The van der Waals surface area contributed by atoms with E-state index in [0.717, 1.165) is 17.7 Å². The van der Waals surface area contributed by atoms with Crippen molar-refractivity contribution in [2.24, 2.45) is 5.92 Å². The Morgan fingerprint density at radius 2 is 1.86 bits per heavy atom. The molecule has 2 aliphatic rings. The Morgan fingerprint density at radius 3 is 2.66 bits per heavy atom. The molecule has 8 heteroatoms. The second-order valence-corrected chi connectivity index (χ2v) is 10.9. The first-order valence-electron chi connectivity index (χ1n) is 9.73. The summed E-state index contributed by atoms with van der Waals surface area (Å²) in [6.45, 7) is 0.636. The number of fused-ring (bicyclic) bond motifs is 1. The van der Waals surface area contributed by atoms with Gasteiger partial charge in [-0.25, -0.2) is 8.42 Å². The minimum Gasteiger partial charge on any atom is -0.349 e. The number of hydrogen-bond donors (Lipinski definition) is 1. The number of halogens is 1. The molecule has 1 fully saturated rings. The van der Waals surface area contributed by atoms with E-state index >= 15 is 0 Å². The van der Waals surface area contributed by atoms with Gasteiger partial charge in [0.25, 0.3) is 0 Å². The molecule has 154 valence electrons. The fourth-order valence-electron chi connectivity index (χ4n) is 3.91. The quantitative estimate of drug-likeness (QED) is 0.761. The molecular weight excluding hydrogens is 428 g/mol. The minimum atomic E-state index is -3.64. The Balaban J connectivity index is 1.46. The highest BCUT2D eigenvalue weighted by Crippen LogP contribution is 2.36. The third-order valence-electron chi connectivity index (χ3n) is 5.48. The summed E-state index contributed by atoms with van der Waals surface area (Å²) >= 11 is 7.69. The summed E-state index contributed by atoms with van der Waals surface area (Å²) in [5.41, 5.74) is 1.15. The average Bonchev–Trinajstić information content (AvgIpc) is 2.74. The lowest BCUT2D eigenvalue weighted by molar-refractivity contribution is -0.126. The molecule has 0 bridgehead atoms. The minimum absolute atomic E-state index is 0.0109. The zero-order valence-corrected chi connectivity index (χ0v) is 18.3. The normalized spacial score (nSPS) is 22.7. The van der Waals surface area contributed by atoms with E-state index in [9.17, 15) is 13.2 Å². The van der Waals surface area contributed by atoms with Crippen LogP contribution in [0.25, 0.3) is 0 Å². The predicted octanol–water partition coefficient (Wildman–Crippen LogP) is 4.09. The summed E-state index contributed by atoms with van der Waals surface area (Å²) in [5.74, 6) is 0.559. The molecule has 0 radical (unpaired) electrons. The number of amides is 1. The molecule has 0 saturated carbocycles. The molecule has 2 heterocycles. The number of piperidine rings is 1. The van der Waals surface area contributed by atoms with Crippen molar-refractivity contribution in [2.45, 2.75) is 35.1 Å². The zero-order valence-electron chi connectivity index (χ0n) is 15.9. The number of nitrogens with one attached hydrogen (secondary N) is 1.